The van der Waals surface area contributed by atoms with E-state index in [4.69, 9.17) is 15.5 Å². The number of hydrogen-bond donors (Lipinski definition) is 1. The van der Waals surface area contributed by atoms with Crippen LogP contribution in [0, 0.1) is 3.57 Å². The molecule has 2 aliphatic rings. The van der Waals surface area contributed by atoms with Crippen LogP contribution in [0.25, 0.3) is 0 Å². The summed E-state index contributed by atoms with van der Waals surface area (Å²) in [4.78, 5) is 9.36. The smallest absolute Gasteiger partial charge is 0.162 e. The number of aromatic nitrogens is 2. The average Bonchev–Trinajstić information content (AvgIpc) is 2.86. The first-order valence-electron chi connectivity index (χ1n) is 7.05. The van der Waals surface area contributed by atoms with Gasteiger partial charge < -0.3 is 10.5 Å². The Labute approximate surface area is 127 Å². The third-order valence-electron chi connectivity index (χ3n) is 4.60. The molecule has 0 saturated heterocycles. The molecule has 2 fully saturated rings. The Kier molecular flexibility index (Phi) is 3.68. The number of anilines is 1. The van der Waals surface area contributed by atoms with Gasteiger partial charge in [-0.3, -0.25) is 0 Å². The van der Waals surface area contributed by atoms with Crippen molar-refractivity contribution in [3.63, 3.8) is 0 Å². The highest BCUT2D eigenvalue weighted by Crippen LogP contribution is 2.44. The van der Waals surface area contributed by atoms with Gasteiger partial charge in [-0.15, -0.1) is 0 Å². The minimum atomic E-state index is -0.272. The van der Waals surface area contributed by atoms with Gasteiger partial charge in [0, 0.05) is 13.0 Å². The number of hydrogen-bond acceptors (Lipinski definition) is 4. The van der Waals surface area contributed by atoms with E-state index in [1.165, 1.54) is 32.1 Å². The molecule has 104 valence electrons. The van der Waals surface area contributed by atoms with Gasteiger partial charge in [-0.05, 0) is 54.7 Å². The summed E-state index contributed by atoms with van der Waals surface area (Å²) in [6, 6.07) is 0. The largest absolute Gasteiger partial charge is 0.383 e. The molecule has 19 heavy (non-hydrogen) atoms. The lowest BCUT2D eigenvalue weighted by Gasteiger charge is -2.39. The van der Waals surface area contributed by atoms with Crippen LogP contribution >= 0.6 is 22.6 Å². The van der Waals surface area contributed by atoms with Crippen LogP contribution in [-0.4, -0.2) is 17.1 Å². The van der Waals surface area contributed by atoms with E-state index in [1.54, 1.807) is 7.11 Å². The lowest BCUT2D eigenvalue weighted by molar-refractivity contribution is -0.0847. The van der Waals surface area contributed by atoms with Crippen molar-refractivity contribution in [3.05, 3.63) is 15.1 Å². The summed E-state index contributed by atoms with van der Waals surface area (Å²) in [5, 5.41) is 0. The number of halogens is 1. The molecular weight excluding hydrogens is 353 g/mol. The van der Waals surface area contributed by atoms with Crippen LogP contribution in [0.1, 0.15) is 62.4 Å². The molecule has 0 bridgehead atoms. The SMILES string of the molecule is COC1(c2nc(N)c(I)c(C3CCCC3)n2)CCC1. The Morgan fingerprint density at radius 2 is 1.89 bits per heavy atom. The monoisotopic (exact) mass is 373 g/mol. The molecule has 4 nitrogen and oxygen atoms in total. The second-order valence-corrected chi connectivity index (χ2v) is 6.74. The molecule has 1 heterocycles. The Morgan fingerprint density at radius 1 is 1.21 bits per heavy atom. The number of rotatable bonds is 3. The Bertz CT molecular complexity index is 476. The van der Waals surface area contributed by atoms with Gasteiger partial charge in [0.25, 0.3) is 0 Å². The van der Waals surface area contributed by atoms with Gasteiger partial charge in [0.15, 0.2) is 5.82 Å². The molecule has 0 radical (unpaired) electrons. The summed E-state index contributed by atoms with van der Waals surface area (Å²) in [5.41, 5.74) is 6.99. The maximum absolute atomic E-state index is 6.11. The normalized spacial score (nSPS) is 22.4. The van der Waals surface area contributed by atoms with E-state index in [9.17, 15) is 0 Å². The summed E-state index contributed by atoms with van der Waals surface area (Å²) >= 11 is 2.29. The minimum Gasteiger partial charge on any atom is -0.383 e. The fourth-order valence-electron chi connectivity index (χ4n) is 3.17. The average molecular weight is 373 g/mol. The molecule has 0 aliphatic heterocycles. The zero-order valence-electron chi connectivity index (χ0n) is 11.3. The Morgan fingerprint density at radius 3 is 2.42 bits per heavy atom. The molecule has 2 saturated carbocycles. The van der Waals surface area contributed by atoms with Crippen LogP contribution in [0.2, 0.25) is 0 Å². The molecule has 5 heteroatoms. The first-order chi connectivity index (χ1) is 9.16. The third kappa shape index (κ3) is 2.24. The van der Waals surface area contributed by atoms with Gasteiger partial charge in [-0.2, -0.15) is 0 Å². The summed E-state index contributed by atoms with van der Waals surface area (Å²) < 4.78 is 6.73. The Balaban J connectivity index is 2.02. The highest BCUT2D eigenvalue weighted by atomic mass is 127. The fourth-order valence-corrected chi connectivity index (χ4v) is 3.85. The van der Waals surface area contributed by atoms with Crippen LogP contribution in [0.15, 0.2) is 0 Å². The number of nitrogen functional groups attached to an aromatic ring is 1. The highest BCUT2D eigenvalue weighted by Gasteiger charge is 2.42. The molecule has 0 atom stereocenters. The van der Waals surface area contributed by atoms with Crippen LogP contribution in [0.5, 0.6) is 0 Å². The van der Waals surface area contributed by atoms with Crippen molar-refractivity contribution in [2.75, 3.05) is 12.8 Å². The van der Waals surface area contributed by atoms with E-state index < -0.39 is 0 Å². The van der Waals surface area contributed by atoms with E-state index in [1.807, 2.05) is 0 Å². The van der Waals surface area contributed by atoms with Gasteiger partial charge in [0.1, 0.15) is 11.4 Å². The van der Waals surface area contributed by atoms with Crippen LogP contribution < -0.4 is 5.73 Å². The van der Waals surface area contributed by atoms with Crippen molar-refractivity contribution >= 4 is 28.4 Å². The van der Waals surface area contributed by atoms with Crippen molar-refractivity contribution in [2.45, 2.75) is 56.5 Å². The maximum Gasteiger partial charge on any atom is 0.162 e. The van der Waals surface area contributed by atoms with Crippen LogP contribution in [-0.2, 0) is 10.3 Å². The summed E-state index contributed by atoms with van der Waals surface area (Å²) in [6.07, 6.45) is 8.26. The summed E-state index contributed by atoms with van der Waals surface area (Å²) in [7, 11) is 1.76. The minimum absolute atomic E-state index is 0.272. The number of nitrogens with zero attached hydrogens (tertiary/aromatic N) is 2. The second kappa shape index (κ2) is 5.16. The lowest BCUT2D eigenvalue weighted by Crippen LogP contribution is -2.38. The van der Waals surface area contributed by atoms with Crippen molar-refractivity contribution in [3.8, 4) is 0 Å². The first-order valence-corrected chi connectivity index (χ1v) is 8.13. The molecule has 2 aliphatic carbocycles. The van der Waals surface area contributed by atoms with E-state index in [2.05, 4.69) is 27.6 Å². The first kappa shape index (κ1) is 13.5. The van der Waals surface area contributed by atoms with Gasteiger partial charge in [-0.1, -0.05) is 12.8 Å². The highest BCUT2D eigenvalue weighted by molar-refractivity contribution is 14.1. The van der Waals surface area contributed by atoms with Crippen molar-refractivity contribution in [1.29, 1.82) is 0 Å². The lowest BCUT2D eigenvalue weighted by atomic mass is 9.79. The predicted molar refractivity (Wildman–Crippen MR) is 82.9 cm³/mol. The number of methoxy groups -OCH3 is 1. The van der Waals surface area contributed by atoms with Gasteiger partial charge in [-0.25, -0.2) is 9.97 Å². The third-order valence-corrected chi connectivity index (χ3v) is 5.71. The maximum atomic E-state index is 6.11. The van der Waals surface area contributed by atoms with Gasteiger partial charge in [0.05, 0.1) is 9.26 Å². The topological polar surface area (TPSA) is 61.0 Å². The summed E-state index contributed by atoms with van der Waals surface area (Å²) in [5.74, 6) is 1.99. The molecule has 0 aromatic carbocycles. The molecule has 0 amide bonds. The quantitative estimate of drug-likeness (QED) is 0.826. The van der Waals surface area contributed by atoms with Gasteiger partial charge in [0.2, 0.25) is 0 Å². The van der Waals surface area contributed by atoms with Crippen LogP contribution in [0.3, 0.4) is 0 Å². The second-order valence-electron chi connectivity index (χ2n) is 5.67. The number of ether oxygens (including phenoxy) is 1. The van der Waals surface area contributed by atoms with Gasteiger partial charge >= 0.3 is 0 Å². The van der Waals surface area contributed by atoms with Crippen molar-refractivity contribution < 1.29 is 4.74 Å². The van der Waals surface area contributed by atoms with E-state index in [0.717, 1.165) is 27.9 Å². The van der Waals surface area contributed by atoms with Crippen molar-refractivity contribution in [1.82, 2.24) is 9.97 Å². The van der Waals surface area contributed by atoms with E-state index >= 15 is 0 Å². The molecule has 1 aromatic rings. The van der Waals surface area contributed by atoms with E-state index in [-0.39, 0.29) is 5.60 Å². The number of nitrogens with two attached hydrogens (primary N) is 1. The molecular formula is C14H20IN3O. The van der Waals surface area contributed by atoms with E-state index in [0.29, 0.717) is 11.7 Å². The molecule has 2 N–H and O–H groups in total. The molecule has 1 aromatic heterocycles. The Hall–Kier alpha value is -0.430. The summed E-state index contributed by atoms with van der Waals surface area (Å²) in [6.45, 7) is 0. The van der Waals surface area contributed by atoms with Crippen molar-refractivity contribution in [2.24, 2.45) is 0 Å². The molecule has 3 rings (SSSR count). The fraction of sp³-hybridized carbons (Fsp3) is 0.714. The zero-order valence-corrected chi connectivity index (χ0v) is 13.4. The van der Waals surface area contributed by atoms with Crippen LogP contribution in [0.4, 0.5) is 5.82 Å². The zero-order chi connectivity index (χ0) is 13.5. The predicted octanol–water partition coefficient (Wildman–Crippen LogP) is 3.35. The molecule has 0 spiro atoms. The molecule has 0 unspecified atom stereocenters. The standard InChI is InChI=1S/C14H20IN3O/c1-19-14(7-4-8-14)13-17-11(9-5-2-3-6-9)10(15)12(16)18-13/h9H,2-8H2,1H3,(H2,16,17,18).